The summed E-state index contributed by atoms with van der Waals surface area (Å²) in [5.74, 6) is 0.0887. The van der Waals surface area contributed by atoms with Crippen molar-refractivity contribution in [1.29, 1.82) is 0 Å². The monoisotopic (exact) mass is 284 g/mol. The standard InChI is InChI=1S/C12H23F3N2O2/c1-3-17(4-2)11(18)6-8-16-7-5-9-19-10-12(13,14)15/h16H,3-10H2,1-2H3. The lowest BCUT2D eigenvalue weighted by atomic mass is 10.3. The van der Waals surface area contributed by atoms with Gasteiger partial charge in [0.2, 0.25) is 5.91 Å². The highest BCUT2D eigenvalue weighted by Gasteiger charge is 2.27. The summed E-state index contributed by atoms with van der Waals surface area (Å²) in [6.45, 7) is 5.18. The van der Waals surface area contributed by atoms with Gasteiger partial charge in [0, 0.05) is 32.7 Å². The second-order valence-electron chi connectivity index (χ2n) is 4.09. The van der Waals surface area contributed by atoms with Crippen molar-refractivity contribution in [3.8, 4) is 0 Å². The Hall–Kier alpha value is -0.820. The molecule has 0 heterocycles. The molecule has 0 bridgehead atoms. The number of amides is 1. The molecule has 0 spiro atoms. The van der Waals surface area contributed by atoms with Gasteiger partial charge in [-0.3, -0.25) is 4.79 Å². The highest BCUT2D eigenvalue weighted by molar-refractivity contribution is 5.76. The van der Waals surface area contributed by atoms with E-state index in [0.29, 0.717) is 39.0 Å². The lowest BCUT2D eigenvalue weighted by Gasteiger charge is -2.18. The van der Waals surface area contributed by atoms with Crippen LogP contribution in [0.1, 0.15) is 26.7 Å². The predicted molar refractivity (Wildman–Crippen MR) is 66.9 cm³/mol. The maximum Gasteiger partial charge on any atom is 0.411 e. The molecule has 0 aromatic rings. The van der Waals surface area contributed by atoms with Crippen LogP contribution in [0.15, 0.2) is 0 Å². The molecule has 1 N–H and O–H groups in total. The normalized spacial score (nSPS) is 11.6. The Bertz CT molecular complexity index is 244. The molecule has 7 heteroatoms. The van der Waals surface area contributed by atoms with Crippen LogP contribution in [0.2, 0.25) is 0 Å². The molecule has 19 heavy (non-hydrogen) atoms. The smallest absolute Gasteiger partial charge is 0.372 e. The number of alkyl halides is 3. The minimum Gasteiger partial charge on any atom is -0.372 e. The van der Waals surface area contributed by atoms with Crippen LogP contribution >= 0.6 is 0 Å². The molecule has 114 valence electrons. The molecule has 4 nitrogen and oxygen atoms in total. The summed E-state index contributed by atoms with van der Waals surface area (Å²) in [5.41, 5.74) is 0. The molecule has 0 aliphatic carbocycles. The van der Waals surface area contributed by atoms with E-state index in [0.717, 1.165) is 0 Å². The minimum absolute atomic E-state index is 0.0660. The number of hydrogen-bond donors (Lipinski definition) is 1. The predicted octanol–water partition coefficient (Wildman–Crippen LogP) is 1.80. The summed E-state index contributed by atoms with van der Waals surface area (Å²) < 4.78 is 39.7. The first-order valence-corrected chi connectivity index (χ1v) is 6.53. The Balaban J connectivity index is 3.39. The summed E-state index contributed by atoms with van der Waals surface area (Å²) in [7, 11) is 0. The molecule has 0 aromatic heterocycles. The highest BCUT2D eigenvalue weighted by atomic mass is 19.4. The van der Waals surface area contributed by atoms with Crippen LogP contribution in [0, 0.1) is 0 Å². The van der Waals surface area contributed by atoms with Crippen molar-refractivity contribution < 1.29 is 22.7 Å². The molecule has 0 saturated heterocycles. The maximum atomic E-state index is 11.7. The summed E-state index contributed by atoms with van der Waals surface area (Å²) in [6.07, 6.45) is -3.36. The molecule has 0 aliphatic rings. The molecule has 1 amide bonds. The Morgan fingerprint density at radius 1 is 1.21 bits per heavy atom. The van der Waals surface area contributed by atoms with Crippen molar-refractivity contribution in [3.63, 3.8) is 0 Å². The van der Waals surface area contributed by atoms with Crippen molar-refractivity contribution in [1.82, 2.24) is 10.2 Å². The van der Waals surface area contributed by atoms with Crippen LogP contribution in [0.5, 0.6) is 0 Å². The topological polar surface area (TPSA) is 41.6 Å². The van der Waals surface area contributed by atoms with Gasteiger partial charge < -0.3 is 15.0 Å². The Morgan fingerprint density at radius 2 is 1.84 bits per heavy atom. The van der Waals surface area contributed by atoms with Crippen LogP contribution in [-0.2, 0) is 9.53 Å². The van der Waals surface area contributed by atoms with E-state index in [-0.39, 0.29) is 12.5 Å². The van der Waals surface area contributed by atoms with Crippen LogP contribution in [-0.4, -0.2) is 56.4 Å². The molecular weight excluding hydrogens is 261 g/mol. The highest BCUT2D eigenvalue weighted by Crippen LogP contribution is 2.14. The average molecular weight is 284 g/mol. The van der Waals surface area contributed by atoms with Crippen molar-refractivity contribution in [2.24, 2.45) is 0 Å². The van der Waals surface area contributed by atoms with Gasteiger partial charge in [-0.05, 0) is 26.8 Å². The fraction of sp³-hybridized carbons (Fsp3) is 0.917. The maximum absolute atomic E-state index is 11.7. The van der Waals surface area contributed by atoms with Gasteiger partial charge in [-0.25, -0.2) is 0 Å². The number of carbonyl (C=O) groups is 1. The van der Waals surface area contributed by atoms with Crippen molar-refractivity contribution >= 4 is 5.91 Å². The Kier molecular flexibility index (Phi) is 9.59. The van der Waals surface area contributed by atoms with E-state index in [2.05, 4.69) is 10.1 Å². The average Bonchev–Trinajstić information content (AvgIpc) is 2.32. The van der Waals surface area contributed by atoms with Crippen LogP contribution in [0.3, 0.4) is 0 Å². The number of carbonyl (C=O) groups excluding carboxylic acids is 1. The third-order valence-corrected chi connectivity index (χ3v) is 2.54. The first kappa shape index (κ1) is 18.2. The molecule has 0 fully saturated rings. The van der Waals surface area contributed by atoms with Gasteiger partial charge in [0.25, 0.3) is 0 Å². The van der Waals surface area contributed by atoms with Gasteiger partial charge in [0.15, 0.2) is 0 Å². The zero-order valence-corrected chi connectivity index (χ0v) is 11.6. The molecule has 0 saturated carbocycles. The minimum atomic E-state index is -4.26. The third-order valence-electron chi connectivity index (χ3n) is 2.54. The molecule has 0 rings (SSSR count). The number of halogens is 3. The van der Waals surface area contributed by atoms with Crippen molar-refractivity contribution in [2.45, 2.75) is 32.9 Å². The molecule has 0 atom stereocenters. The number of nitrogens with one attached hydrogen (secondary N) is 1. The summed E-state index contributed by atoms with van der Waals surface area (Å²) >= 11 is 0. The Morgan fingerprint density at radius 3 is 2.37 bits per heavy atom. The molecule has 0 radical (unpaired) electrons. The molecular formula is C12H23F3N2O2. The van der Waals surface area contributed by atoms with Gasteiger partial charge in [0.05, 0.1) is 0 Å². The zero-order chi connectivity index (χ0) is 14.7. The van der Waals surface area contributed by atoms with Gasteiger partial charge in [-0.15, -0.1) is 0 Å². The van der Waals surface area contributed by atoms with Gasteiger partial charge in [-0.2, -0.15) is 13.2 Å². The quantitative estimate of drug-likeness (QED) is 0.622. The summed E-state index contributed by atoms with van der Waals surface area (Å²) in [5, 5.41) is 3.01. The number of rotatable bonds is 10. The molecule has 0 aliphatic heterocycles. The summed E-state index contributed by atoms with van der Waals surface area (Å²) in [6, 6.07) is 0. The molecule has 0 unspecified atom stereocenters. The van der Waals surface area contributed by atoms with Gasteiger partial charge >= 0.3 is 6.18 Å². The lowest BCUT2D eigenvalue weighted by Crippen LogP contribution is -2.33. The first-order chi connectivity index (χ1) is 8.90. The second-order valence-corrected chi connectivity index (χ2v) is 4.09. The first-order valence-electron chi connectivity index (χ1n) is 6.53. The largest absolute Gasteiger partial charge is 0.411 e. The lowest BCUT2D eigenvalue weighted by molar-refractivity contribution is -0.173. The fourth-order valence-corrected chi connectivity index (χ4v) is 1.54. The fourth-order valence-electron chi connectivity index (χ4n) is 1.54. The van der Waals surface area contributed by atoms with Crippen molar-refractivity contribution in [2.75, 3.05) is 39.4 Å². The van der Waals surface area contributed by atoms with E-state index in [4.69, 9.17) is 0 Å². The zero-order valence-electron chi connectivity index (χ0n) is 11.6. The van der Waals surface area contributed by atoms with E-state index in [1.165, 1.54) is 0 Å². The van der Waals surface area contributed by atoms with Crippen molar-refractivity contribution in [3.05, 3.63) is 0 Å². The Labute approximate surface area is 112 Å². The van der Waals surface area contributed by atoms with Crippen LogP contribution in [0.25, 0.3) is 0 Å². The van der Waals surface area contributed by atoms with Gasteiger partial charge in [-0.1, -0.05) is 0 Å². The SMILES string of the molecule is CCN(CC)C(=O)CCNCCCOCC(F)(F)F. The van der Waals surface area contributed by atoms with E-state index < -0.39 is 12.8 Å². The number of nitrogens with zero attached hydrogens (tertiary/aromatic N) is 1. The number of hydrogen-bond acceptors (Lipinski definition) is 3. The van der Waals surface area contributed by atoms with E-state index in [9.17, 15) is 18.0 Å². The van der Waals surface area contributed by atoms with Crippen LogP contribution < -0.4 is 5.32 Å². The van der Waals surface area contributed by atoms with Gasteiger partial charge in [0.1, 0.15) is 6.61 Å². The summed E-state index contributed by atoms with van der Waals surface area (Å²) in [4.78, 5) is 13.3. The van der Waals surface area contributed by atoms with E-state index in [1.807, 2.05) is 13.8 Å². The third kappa shape index (κ3) is 10.8. The van der Waals surface area contributed by atoms with E-state index in [1.54, 1.807) is 4.90 Å². The number of ether oxygens (including phenoxy) is 1. The van der Waals surface area contributed by atoms with Crippen LogP contribution in [0.4, 0.5) is 13.2 Å². The van der Waals surface area contributed by atoms with E-state index >= 15 is 0 Å². The second kappa shape index (κ2) is 10.0. The molecule has 0 aromatic carbocycles.